The number of ether oxygens (including phenoxy) is 1. The molecule has 4 aromatic rings. The second-order valence-corrected chi connectivity index (χ2v) is 7.89. The van der Waals surface area contributed by atoms with E-state index >= 15 is 0 Å². The minimum atomic E-state index is -0.239. The van der Waals surface area contributed by atoms with Gasteiger partial charge in [0, 0.05) is 28.9 Å². The van der Waals surface area contributed by atoms with Gasteiger partial charge in [0.25, 0.3) is 11.5 Å². The second-order valence-electron chi connectivity index (χ2n) is 7.46. The number of halogens is 1. The van der Waals surface area contributed by atoms with Crippen LogP contribution in [-0.4, -0.2) is 22.2 Å². The van der Waals surface area contributed by atoms with Gasteiger partial charge in [0.05, 0.1) is 24.6 Å². The molecule has 0 radical (unpaired) electrons. The summed E-state index contributed by atoms with van der Waals surface area (Å²) in [5.74, 6) is 0.346. The highest BCUT2D eigenvalue weighted by molar-refractivity contribution is 6.31. The molecule has 31 heavy (non-hydrogen) atoms. The fourth-order valence-electron chi connectivity index (χ4n) is 4.14. The zero-order valence-electron chi connectivity index (χ0n) is 16.8. The Morgan fingerprint density at radius 2 is 1.84 bits per heavy atom. The lowest BCUT2D eigenvalue weighted by Crippen LogP contribution is -2.30. The highest BCUT2D eigenvalue weighted by Crippen LogP contribution is 2.35. The fourth-order valence-corrected chi connectivity index (χ4v) is 4.31. The van der Waals surface area contributed by atoms with Crippen LogP contribution in [0.15, 0.2) is 77.9 Å². The third-order valence-corrected chi connectivity index (χ3v) is 5.91. The average Bonchev–Trinajstić information content (AvgIpc) is 3.29. The molecule has 0 atom stereocenters. The first-order valence-corrected chi connectivity index (χ1v) is 10.3. The van der Waals surface area contributed by atoms with E-state index in [0.717, 1.165) is 16.7 Å². The maximum atomic E-state index is 13.6. The van der Waals surface area contributed by atoms with Gasteiger partial charge in [-0.1, -0.05) is 48.0 Å². The second kappa shape index (κ2) is 7.60. The maximum Gasteiger partial charge on any atom is 0.264 e. The van der Waals surface area contributed by atoms with Gasteiger partial charge in [0.2, 0.25) is 0 Å². The third-order valence-electron chi connectivity index (χ3n) is 5.67. The van der Waals surface area contributed by atoms with Crippen molar-refractivity contribution in [1.82, 2.24) is 9.13 Å². The van der Waals surface area contributed by atoms with E-state index in [-0.39, 0.29) is 11.5 Å². The number of carbonyl (C=O) groups excluding carboxylic acids is 1. The smallest absolute Gasteiger partial charge is 0.264 e. The minimum Gasteiger partial charge on any atom is -0.495 e. The summed E-state index contributed by atoms with van der Waals surface area (Å²) in [6.45, 7) is 0.499. The van der Waals surface area contributed by atoms with Crippen molar-refractivity contribution in [3.63, 3.8) is 0 Å². The van der Waals surface area contributed by atoms with E-state index in [0.29, 0.717) is 40.6 Å². The molecule has 5 rings (SSSR count). The van der Waals surface area contributed by atoms with E-state index in [9.17, 15) is 9.59 Å². The molecular formula is C25H19ClN2O3. The first kappa shape index (κ1) is 19.4. The molecule has 0 N–H and O–H groups in total. The Morgan fingerprint density at radius 3 is 2.58 bits per heavy atom. The van der Waals surface area contributed by atoms with Crippen molar-refractivity contribution in [2.45, 2.75) is 13.0 Å². The van der Waals surface area contributed by atoms with E-state index in [1.54, 1.807) is 36.2 Å². The summed E-state index contributed by atoms with van der Waals surface area (Å²) in [5.41, 5.74) is 4.09. The van der Waals surface area contributed by atoms with E-state index in [1.165, 1.54) is 4.57 Å². The topological polar surface area (TPSA) is 53.2 Å². The maximum absolute atomic E-state index is 13.6. The standard InChI is InChI=1S/C25H19ClN2O3/c1-31-19-10-11-27(15-19)24(29)22-14-21(16-5-3-2-4-6-16)25(30)28-12-9-17-7-8-18(26)13-20(17)23(22)28/h2-8,10-11,13-15H,9,12H2,1H3. The molecule has 0 amide bonds. The zero-order chi connectivity index (χ0) is 21.5. The van der Waals surface area contributed by atoms with Gasteiger partial charge in [-0.2, -0.15) is 0 Å². The molecule has 0 saturated carbocycles. The molecule has 0 saturated heterocycles. The molecule has 0 fully saturated rings. The van der Waals surface area contributed by atoms with Gasteiger partial charge in [-0.05, 0) is 41.8 Å². The summed E-state index contributed by atoms with van der Waals surface area (Å²) >= 11 is 6.29. The summed E-state index contributed by atoms with van der Waals surface area (Å²) in [6, 6.07) is 18.5. The molecule has 6 heteroatoms. The Bertz CT molecular complexity index is 1370. The molecule has 0 aliphatic carbocycles. The highest BCUT2D eigenvalue weighted by Gasteiger charge is 2.27. The molecule has 5 nitrogen and oxygen atoms in total. The Hall–Kier alpha value is -3.57. The quantitative estimate of drug-likeness (QED) is 0.465. The number of aromatic nitrogens is 2. The van der Waals surface area contributed by atoms with Crippen molar-refractivity contribution in [3.05, 3.63) is 99.6 Å². The Labute approximate surface area is 184 Å². The van der Waals surface area contributed by atoms with Crippen molar-refractivity contribution >= 4 is 17.5 Å². The van der Waals surface area contributed by atoms with Crippen molar-refractivity contribution in [1.29, 1.82) is 0 Å². The first-order valence-electron chi connectivity index (χ1n) is 9.95. The van der Waals surface area contributed by atoms with Crippen molar-refractivity contribution in [2.75, 3.05) is 7.11 Å². The SMILES string of the molecule is COc1ccn(C(=O)c2cc(-c3ccccc3)c(=O)n3c2-c2cc(Cl)ccc2CC3)c1. The lowest BCUT2D eigenvalue weighted by molar-refractivity contribution is 0.0959. The number of fused-ring (bicyclic) bond motifs is 3. The van der Waals surface area contributed by atoms with Crippen LogP contribution in [0.2, 0.25) is 5.02 Å². The van der Waals surface area contributed by atoms with Gasteiger partial charge >= 0.3 is 0 Å². The number of methoxy groups -OCH3 is 1. The zero-order valence-corrected chi connectivity index (χ0v) is 17.6. The lowest BCUT2D eigenvalue weighted by Gasteiger charge is -2.25. The molecule has 0 bridgehead atoms. The van der Waals surface area contributed by atoms with Gasteiger partial charge < -0.3 is 9.30 Å². The first-order chi connectivity index (χ1) is 15.1. The molecule has 1 aliphatic rings. The normalized spacial score (nSPS) is 12.2. The molecule has 154 valence electrons. The summed E-state index contributed by atoms with van der Waals surface area (Å²) in [5, 5.41) is 0.563. The largest absolute Gasteiger partial charge is 0.495 e. The van der Waals surface area contributed by atoms with E-state index < -0.39 is 0 Å². The van der Waals surface area contributed by atoms with Crippen molar-refractivity contribution in [3.8, 4) is 28.1 Å². The number of carbonyl (C=O) groups is 1. The van der Waals surface area contributed by atoms with Crippen LogP contribution in [0.3, 0.4) is 0 Å². The number of pyridine rings is 1. The predicted octanol–water partition coefficient (Wildman–Crippen LogP) is 4.89. The predicted molar refractivity (Wildman–Crippen MR) is 121 cm³/mol. The van der Waals surface area contributed by atoms with Crippen LogP contribution in [0.1, 0.15) is 15.9 Å². The summed E-state index contributed by atoms with van der Waals surface area (Å²) < 4.78 is 8.41. The van der Waals surface area contributed by atoms with Gasteiger partial charge in [0.15, 0.2) is 0 Å². The lowest BCUT2D eigenvalue weighted by atomic mass is 9.92. The Kier molecular flexibility index (Phi) is 4.75. The number of rotatable bonds is 3. The van der Waals surface area contributed by atoms with Gasteiger partial charge in [-0.15, -0.1) is 0 Å². The number of hydrogen-bond donors (Lipinski definition) is 0. The fraction of sp³-hybridized carbons (Fsp3) is 0.120. The molecule has 0 unspecified atom stereocenters. The van der Waals surface area contributed by atoms with Crippen LogP contribution < -0.4 is 10.3 Å². The van der Waals surface area contributed by atoms with Crippen molar-refractivity contribution < 1.29 is 9.53 Å². The monoisotopic (exact) mass is 430 g/mol. The third kappa shape index (κ3) is 3.27. The summed E-state index contributed by atoms with van der Waals surface area (Å²) in [6.07, 6.45) is 3.99. The van der Waals surface area contributed by atoms with E-state index in [2.05, 4.69) is 0 Å². The molecule has 2 aromatic carbocycles. The molecular weight excluding hydrogens is 412 g/mol. The number of aryl methyl sites for hydroxylation is 1. The number of hydrogen-bond acceptors (Lipinski definition) is 3. The van der Waals surface area contributed by atoms with Crippen LogP contribution in [0, 0.1) is 0 Å². The van der Waals surface area contributed by atoms with Crippen LogP contribution in [0.5, 0.6) is 5.75 Å². The Balaban J connectivity index is 1.81. The minimum absolute atomic E-state index is 0.117. The molecule has 2 aromatic heterocycles. The van der Waals surface area contributed by atoms with Crippen molar-refractivity contribution in [2.24, 2.45) is 0 Å². The van der Waals surface area contributed by atoms with E-state index in [1.807, 2.05) is 48.5 Å². The highest BCUT2D eigenvalue weighted by atomic mass is 35.5. The van der Waals surface area contributed by atoms with Gasteiger partial charge in [-0.3, -0.25) is 14.2 Å². The number of benzene rings is 2. The summed E-state index contributed by atoms with van der Waals surface area (Å²) in [4.78, 5) is 27.1. The van der Waals surface area contributed by atoms with Crippen LogP contribution >= 0.6 is 11.6 Å². The van der Waals surface area contributed by atoms with Crippen LogP contribution in [0.4, 0.5) is 0 Å². The number of nitrogens with zero attached hydrogens (tertiary/aromatic N) is 2. The van der Waals surface area contributed by atoms with Gasteiger partial charge in [-0.25, -0.2) is 0 Å². The van der Waals surface area contributed by atoms with Crippen LogP contribution in [0.25, 0.3) is 22.4 Å². The average molecular weight is 431 g/mol. The molecule has 3 heterocycles. The molecule has 0 spiro atoms. The summed E-state index contributed by atoms with van der Waals surface area (Å²) in [7, 11) is 1.56. The molecule has 1 aliphatic heterocycles. The van der Waals surface area contributed by atoms with E-state index in [4.69, 9.17) is 16.3 Å². The Morgan fingerprint density at radius 1 is 1.03 bits per heavy atom. The van der Waals surface area contributed by atoms with Crippen LogP contribution in [-0.2, 0) is 13.0 Å². The van der Waals surface area contributed by atoms with Gasteiger partial charge in [0.1, 0.15) is 5.75 Å².